The van der Waals surface area contributed by atoms with E-state index in [1.807, 2.05) is 28.8 Å². The number of nitrogens with zero attached hydrogens (tertiary/aromatic N) is 4. The number of aryl methyl sites for hydroxylation is 2. The SMILES string of the molecule is COc1ccccc1C1OCCn2c(-c3ccc(C)c([N+](=O)[O-])c3)c3c(=O)n(C)c(=O)n(C)c3c21. The standard InChI is InChI=1S/C25H24N4O6/c1-14-9-10-15(13-17(14)29(32)33)20-19-21(26(2)25(31)27(3)24(19)30)22-23(35-12-11-28(20)22)16-7-5-6-8-18(16)34-4/h5-10,13,23H,11-12H2,1-4H3. The first-order valence-electron chi connectivity index (χ1n) is 11.1. The molecule has 0 fully saturated rings. The van der Waals surface area contributed by atoms with Crippen LogP contribution in [-0.4, -0.2) is 32.3 Å². The second-order valence-corrected chi connectivity index (χ2v) is 8.57. The van der Waals surface area contributed by atoms with Crippen molar-refractivity contribution in [3.63, 3.8) is 0 Å². The van der Waals surface area contributed by atoms with E-state index in [0.717, 1.165) is 10.1 Å². The highest BCUT2D eigenvalue weighted by molar-refractivity contribution is 5.97. The number of rotatable bonds is 4. The maximum Gasteiger partial charge on any atom is 0.331 e. The summed E-state index contributed by atoms with van der Waals surface area (Å²) in [6.07, 6.45) is -0.616. The Bertz CT molecular complexity index is 1630. The van der Waals surface area contributed by atoms with Crippen LogP contribution in [0.15, 0.2) is 52.1 Å². The summed E-state index contributed by atoms with van der Waals surface area (Å²) < 4.78 is 16.2. The number of nitro groups is 1. The molecule has 0 N–H and O–H groups in total. The number of ether oxygens (including phenoxy) is 2. The summed E-state index contributed by atoms with van der Waals surface area (Å²) in [4.78, 5) is 37.7. The quantitative estimate of drug-likeness (QED) is 0.331. The molecule has 1 unspecified atom stereocenters. The third-order valence-electron chi connectivity index (χ3n) is 6.65. The minimum atomic E-state index is -0.616. The lowest BCUT2D eigenvalue weighted by Gasteiger charge is -2.28. The minimum Gasteiger partial charge on any atom is -0.496 e. The van der Waals surface area contributed by atoms with Crippen LogP contribution in [0.1, 0.15) is 22.9 Å². The molecule has 1 aliphatic heterocycles. The Hall–Kier alpha value is -4.18. The lowest BCUT2D eigenvalue weighted by atomic mass is 10.0. The molecule has 2 aromatic heterocycles. The monoisotopic (exact) mass is 476 g/mol. The number of methoxy groups -OCH3 is 1. The molecular weight excluding hydrogens is 452 g/mol. The van der Waals surface area contributed by atoms with Gasteiger partial charge in [0.25, 0.3) is 11.2 Å². The number of benzene rings is 2. The van der Waals surface area contributed by atoms with E-state index in [9.17, 15) is 19.7 Å². The predicted octanol–water partition coefficient (Wildman–Crippen LogP) is 3.05. The fraction of sp³-hybridized carbons (Fsp3) is 0.280. The number of hydrogen-bond acceptors (Lipinski definition) is 6. The molecule has 0 saturated carbocycles. The van der Waals surface area contributed by atoms with E-state index in [4.69, 9.17) is 9.47 Å². The topological polar surface area (TPSA) is 111 Å². The molecule has 0 radical (unpaired) electrons. The summed E-state index contributed by atoms with van der Waals surface area (Å²) in [7, 11) is 4.61. The van der Waals surface area contributed by atoms with Gasteiger partial charge in [-0.05, 0) is 13.0 Å². The average molecular weight is 476 g/mol. The van der Waals surface area contributed by atoms with Crippen LogP contribution >= 0.6 is 0 Å². The highest BCUT2D eigenvalue weighted by atomic mass is 16.6. The van der Waals surface area contributed by atoms with Crippen molar-refractivity contribution in [2.24, 2.45) is 14.1 Å². The summed E-state index contributed by atoms with van der Waals surface area (Å²) in [5, 5.41) is 12.0. The van der Waals surface area contributed by atoms with Gasteiger partial charge in [-0.25, -0.2) is 4.79 Å². The number of nitro benzene ring substituents is 1. The van der Waals surface area contributed by atoms with Crippen molar-refractivity contribution in [2.45, 2.75) is 19.6 Å². The first-order chi connectivity index (χ1) is 16.8. The van der Waals surface area contributed by atoms with E-state index in [2.05, 4.69) is 0 Å². The smallest absolute Gasteiger partial charge is 0.331 e. The molecule has 2 aromatic carbocycles. The van der Waals surface area contributed by atoms with E-state index in [1.165, 1.54) is 17.7 Å². The number of para-hydroxylation sites is 1. The Morgan fingerprint density at radius 1 is 1.11 bits per heavy atom. The molecule has 10 heteroatoms. The van der Waals surface area contributed by atoms with Crippen molar-refractivity contribution in [3.8, 4) is 17.0 Å². The maximum absolute atomic E-state index is 13.5. The Balaban J connectivity index is 1.95. The summed E-state index contributed by atoms with van der Waals surface area (Å²) in [5.74, 6) is 0.613. The van der Waals surface area contributed by atoms with Gasteiger partial charge in [0, 0.05) is 43.4 Å². The van der Waals surface area contributed by atoms with Crippen LogP contribution < -0.4 is 16.0 Å². The van der Waals surface area contributed by atoms with Crippen LogP contribution in [0.25, 0.3) is 22.2 Å². The van der Waals surface area contributed by atoms with Crippen LogP contribution in [0.3, 0.4) is 0 Å². The molecule has 1 aliphatic rings. The largest absolute Gasteiger partial charge is 0.496 e. The highest BCUT2D eigenvalue weighted by Crippen LogP contribution is 2.43. The summed E-state index contributed by atoms with van der Waals surface area (Å²) in [5.41, 5.74) is 2.41. The summed E-state index contributed by atoms with van der Waals surface area (Å²) in [6, 6.07) is 12.3. The first kappa shape index (κ1) is 22.6. The lowest BCUT2D eigenvalue weighted by molar-refractivity contribution is -0.385. The normalized spacial score (nSPS) is 15.3. The van der Waals surface area contributed by atoms with Gasteiger partial charge >= 0.3 is 5.69 Å². The van der Waals surface area contributed by atoms with E-state index >= 15 is 0 Å². The van der Waals surface area contributed by atoms with E-state index in [-0.39, 0.29) is 5.69 Å². The van der Waals surface area contributed by atoms with Gasteiger partial charge in [-0.15, -0.1) is 0 Å². The van der Waals surface area contributed by atoms with Gasteiger partial charge < -0.3 is 14.0 Å². The fourth-order valence-electron chi connectivity index (χ4n) is 4.95. The second-order valence-electron chi connectivity index (χ2n) is 8.57. The Kier molecular flexibility index (Phi) is 5.32. The Morgan fingerprint density at radius 3 is 2.57 bits per heavy atom. The van der Waals surface area contributed by atoms with Crippen molar-refractivity contribution < 1.29 is 14.4 Å². The van der Waals surface area contributed by atoms with Gasteiger partial charge in [0.05, 0.1) is 40.9 Å². The molecule has 1 atom stereocenters. The number of aromatic nitrogens is 3. The Morgan fingerprint density at radius 2 is 1.86 bits per heavy atom. The molecule has 180 valence electrons. The molecule has 35 heavy (non-hydrogen) atoms. The van der Waals surface area contributed by atoms with Crippen molar-refractivity contribution in [2.75, 3.05) is 13.7 Å². The van der Waals surface area contributed by atoms with Crippen molar-refractivity contribution in [1.29, 1.82) is 0 Å². The van der Waals surface area contributed by atoms with Crippen molar-refractivity contribution in [3.05, 3.63) is 90.2 Å². The minimum absolute atomic E-state index is 0.0406. The third-order valence-corrected chi connectivity index (χ3v) is 6.65. The van der Waals surface area contributed by atoms with Gasteiger partial charge in [-0.1, -0.05) is 30.3 Å². The summed E-state index contributed by atoms with van der Waals surface area (Å²) in [6.45, 7) is 2.41. The third kappa shape index (κ3) is 3.28. The predicted molar refractivity (Wildman–Crippen MR) is 130 cm³/mol. The van der Waals surface area contributed by atoms with Gasteiger partial charge in [-0.2, -0.15) is 0 Å². The number of fused-ring (bicyclic) bond motifs is 3. The van der Waals surface area contributed by atoms with Crippen molar-refractivity contribution in [1.82, 2.24) is 13.7 Å². The summed E-state index contributed by atoms with van der Waals surface area (Å²) >= 11 is 0. The fourth-order valence-corrected chi connectivity index (χ4v) is 4.95. The second kappa shape index (κ2) is 8.24. The molecule has 0 bridgehead atoms. The zero-order chi connectivity index (χ0) is 25.0. The number of hydrogen-bond donors (Lipinski definition) is 0. The lowest BCUT2D eigenvalue weighted by Crippen LogP contribution is -2.37. The average Bonchev–Trinajstić information content (AvgIpc) is 3.22. The zero-order valence-electron chi connectivity index (χ0n) is 19.8. The van der Waals surface area contributed by atoms with E-state index in [0.29, 0.717) is 52.3 Å². The molecule has 3 heterocycles. The molecule has 10 nitrogen and oxygen atoms in total. The van der Waals surface area contributed by atoms with Gasteiger partial charge in [0.2, 0.25) is 0 Å². The molecule has 4 aromatic rings. The first-order valence-corrected chi connectivity index (χ1v) is 11.1. The highest BCUT2D eigenvalue weighted by Gasteiger charge is 2.34. The van der Waals surface area contributed by atoms with Crippen LogP contribution in [0.2, 0.25) is 0 Å². The van der Waals surface area contributed by atoms with Gasteiger partial charge in [0.15, 0.2) is 0 Å². The maximum atomic E-state index is 13.5. The molecule has 0 amide bonds. The van der Waals surface area contributed by atoms with Crippen LogP contribution in [-0.2, 0) is 25.4 Å². The van der Waals surface area contributed by atoms with Crippen LogP contribution in [0.5, 0.6) is 5.75 Å². The van der Waals surface area contributed by atoms with E-state index < -0.39 is 22.3 Å². The Labute approximate surface area is 199 Å². The van der Waals surface area contributed by atoms with Crippen molar-refractivity contribution >= 4 is 16.6 Å². The molecule has 0 saturated heterocycles. The molecule has 0 aliphatic carbocycles. The molecular formula is C25H24N4O6. The molecule has 5 rings (SSSR count). The zero-order valence-corrected chi connectivity index (χ0v) is 19.8. The van der Waals surface area contributed by atoms with Gasteiger partial charge in [0.1, 0.15) is 11.9 Å². The van der Waals surface area contributed by atoms with Crippen LogP contribution in [0.4, 0.5) is 5.69 Å². The van der Waals surface area contributed by atoms with E-state index in [1.54, 1.807) is 33.2 Å². The van der Waals surface area contributed by atoms with Gasteiger partial charge in [-0.3, -0.25) is 24.0 Å². The van der Waals surface area contributed by atoms with Crippen LogP contribution in [0, 0.1) is 17.0 Å². The molecule has 0 spiro atoms.